The van der Waals surface area contributed by atoms with E-state index in [2.05, 4.69) is 19.2 Å². The molecule has 0 aromatic heterocycles. The van der Waals surface area contributed by atoms with Crippen molar-refractivity contribution in [3.8, 4) is 0 Å². The fraction of sp³-hybridized carbons (Fsp3) is 0.667. The van der Waals surface area contributed by atoms with Crippen LogP contribution in [0.2, 0.25) is 0 Å². The third-order valence-electron chi connectivity index (χ3n) is 2.21. The molecule has 0 N–H and O–H groups in total. The van der Waals surface area contributed by atoms with Gasteiger partial charge in [-0.05, 0) is 19.4 Å². The highest BCUT2D eigenvalue weighted by atomic mass is 16.1. The minimum absolute atomic E-state index is 0.0503. The minimum atomic E-state index is 0.0503. The Balaban J connectivity index is 3.70. The molecule has 0 heterocycles. The zero-order valence-electron chi connectivity index (χ0n) is 8.81. The maximum absolute atomic E-state index is 11.1. The van der Waals surface area contributed by atoms with Crippen LogP contribution in [-0.2, 0) is 4.79 Å². The van der Waals surface area contributed by atoms with Crippen molar-refractivity contribution in [3.05, 3.63) is 18.4 Å². The molecule has 1 unspecified atom stereocenters. The van der Waals surface area contributed by atoms with E-state index >= 15 is 0 Å². The summed E-state index contributed by atoms with van der Waals surface area (Å²) in [6.07, 6.45) is 7.61. The van der Waals surface area contributed by atoms with Crippen LogP contribution in [0.3, 0.4) is 0 Å². The fourth-order valence-corrected chi connectivity index (χ4v) is 1.34. The molecule has 0 spiro atoms. The molecule has 1 heteroatoms. The molecular formula is C12H20O. The van der Waals surface area contributed by atoms with Crippen molar-refractivity contribution >= 4 is 5.78 Å². The first-order valence-electron chi connectivity index (χ1n) is 5.08. The Hall–Kier alpha value is -0.810. The number of rotatable bonds is 7. The Morgan fingerprint density at radius 1 is 1.46 bits per heavy atom. The molecule has 0 saturated carbocycles. The number of unbranched alkanes of at least 4 members (excludes halogenated alkanes) is 3. The Kier molecular flexibility index (Phi) is 7.33. The van der Waals surface area contributed by atoms with Gasteiger partial charge in [-0.1, -0.05) is 39.2 Å². The topological polar surface area (TPSA) is 17.1 Å². The minimum Gasteiger partial charge on any atom is -0.299 e. The van der Waals surface area contributed by atoms with Crippen LogP contribution >= 0.6 is 0 Å². The molecule has 0 aliphatic heterocycles. The molecule has 0 aromatic carbocycles. The predicted octanol–water partition coefficient (Wildman–Crippen LogP) is 3.50. The molecule has 0 aliphatic rings. The molecule has 0 aliphatic carbocycles. The van der Waals surface area contributed by atoms with Crippen LogP contribution in [-0.4, -0.2) is 5.78 Å². The lowest BCUT2D eigenvalue weighted by Gasteiger charge is -2.06. The van der Waals surface area contributed by atoms with Crippen molar-refractivity contribution in [1.29, 1.82) is 0 Å². The highest BCUT2D eigenvalue weighted by Gasteiger charge is 2.08. The summed E-state index contributed by atoms with van der Waals surface area (Å²) in [7, 11) is 0. The van der Waals surface area contributed by atoms with Crippen molar-refractivity contribution in [1.82, 2.24) is 0 Å². The third-order valence-corrected chi connectivity index (χ3v) is 2.21. The van der Waals surface area contributed by atoms with E-state index in [1.165, 1.54) is 19.3 Å². The van der Waals surface area contributed by atoms with Gasteiger partial charge in [-0.25, -0.2) is 0 Å². The number of allylic oxidation sites excluding steroid dienone is 1. The predicted molar refractivity (Wildman–Crippen MR) is 56.6 cm³/mol. The monoisotopic (exact) mass is 180 g/mol. The van der Waals surface area contributed by atoms with Crippen LogP contribution in [0, 0.1) is 5.92 Å². The van der Waals surface area contributed by atoms with E-state index in [1.54, 1.807) is 13.0 Å². The highest BCUT2D eigenvalue weighted by molar-refractivity contribution is 5.79. The summed E-state index contributed by atoms with van der Waals surface area (Å²) in [6.45, 7) is 7.32. The number of hydrogen-bond acceptors (Lipinski definition) is 1. The van der Waals surface area contributed by atoms with Gasteiger partial charge < -0.3 is 0 Å². The molecule has 1 nitrogen and oxygen atoms in total. The van der Waals surface area contributed by atoms with E-state index < -0.39 is 0 Å². The molecule has 0 amide bonds. The van der Waals surface area contributed by atoms with Crippen LogP contribution in [0.1, 0.15) is 46.0 Å². The maximum Gasteiger partial charge on any atom is 0.137 e. The van der Waals surface area contributed by atoms with Gasteiger partial charge in [0.1, 0.15) is 5.78 Å². The highest BCUT2D eigenvalue weighted by Crippen LogP contribution is 2.12. The average Bonchev–Trinajstić information content (AvgIpc) is 2.10. The van der Waals surface area contributed by atoms with E-state index in [-0.39, 0.29) is 11.7 Å². The molecule has 0 radical (unpaired) electrons. The maximum atomic E-state index is 11.1. The number of Topliss-reactive ketones (excluding diaryl/α,β-unsaturated/α-hetero) is 1. The van der Waals surface area contributed by atoms with Crippen molar-refractivity contribution in [3.63, 3.8) is 0 Å². The molecule has 0 saturated heterocycles. The van der Waals surface area contributed by atoms with Gasteiger partial charge >= 0.3 is 0 Å². The van der Waals surface area contributed by atoms with Gasteiger partial charge in [0, 0.05) is 5.92 Å². The summed E-state index contributed by atoms with van der Waals surface area (Å²) in [6, 6.07) is 0. The van der Waals surface area contributed by atoms with Gasteiger partial charge in [-0.3, -0.25) is 4.79 Å². The van der Waals surface area contributed by atoms with Gasteiger partial charge in [0.05, 0.1) is 0 Å². The standard InChI is InChI=1S/C12H20O/c1-4-6-7-8-10-12(9-5-2)11(3)13/h9,12H,2,4,6-8,10H2,1,3H3. The summed E-state index contributed by atoms with van der Waals surface area (Å²) >= 11 is 0. The molecule has 0 rings (SSSR count). The smallest absolute Gasteiger partial charge is 0.137 e. The second kappa shape index (κ2) is 7.82. The van der Waals surface area contributed by atoms with E-state index in [9.17, 15) is 4.79 Å². The molecule has 13 heavy (non-hydrogen) atoms. The molecule has 74 valence electrons. The molecule has 1 atom stereocenters. The third kappa shape index (κ3) is 6.36. The normalized spacial score (nSPS) is 11.8. The Bertz CT molecular complexity index is 185. The summed E-state index contributed by atoms with van der Waals surface area (Å²) < 4.78 is 0. The van der Waals surface area contributed by atoms with Crippen molar-refractivity contribution in [2.75, 3.05) is 0 Å². The first-order chi connectivity index (χ1) is 6.22. The van der Waals surface area contributed by atoms with E-state index in [1.807, 2.05) is 0 Å². The van der Waals surface area contributed by atoms with Crippen LogP contribution < -0.4 is 0 Å². The first kappa shape index (κ1) is 12.2. The number of carbonyl (C=O) groups excluding carboxylic acids is 1. The van der Waals surface area contributed by atoms with E-state index in [4.69, 9.17) is 0 Å². The largest absolute Gasteiger partial charge is 0.299 e. The van der Waals surface area contributed by atoms with Gasteiger partial charge in [0.25, 0.3) is 0 Å². The van der Waals surface area contributed by atoms with E-state index in [0.717, 1.165) is 12.8 Å². The van der Waals surface area contributed by atoms with Gasteiger partial charge in [-0.2, -0.15) is 0 Å². The number of carbonyl (C=O) groups is 1. The lowest BCUT2D eigenvalue weighted by atomic mass is 9.97. The van der Waals surface area contributed by atoms with Gasteiger partial charge in [-0.15, -0.1) is 5.73 Å². The lowest BCUT2D eigenvalue weighted by Crippen LogP contribution is -2.07. The summed E-state index contributed by atoms with van der Waals surface area (Å²) in [4.78, 5) is 11.1. The van der Waals surface area contributed by atoms with Gasteiger partial charge in [0.2, 0.25) is 0 Å². The van der Waals surface area contributed by atoms with Crippen molar-refractivity contribution < 1.29 is 4.79 Å². The molecule has 0 aromatic rings. The molecule has 0 fully saturated rings. The van der Waals surface area contributed by atoms with Gasteiger partial charge in [0.15, 0.2) is 0 Å². The lowest BCUT2D eigenvalue weighted by molar-refractivity contribution is -0.119. The first-order valence-corrected chi connectivity index (χ1v) is 5.08. The SMILES string of the molecule is C=C=CC(CCCCCC)C(C)=O. The second-order valence-electron chi connectivity index (χ2n) is 3.44. The Labute approximate surface area is 81.5 Å². The zero-order valence-corrected chi connectivity index (χ0v) is 8.81. The summed E-state index contributed by atoms with van der Waals surface area (Å²) in [5.41, 5.74) is 2.69. The molecular weight excluding hydrogens is 160 g/mol. The van der Waals surface area contributed by atoms with Crippen molar-refractivity contribution in [2.24, 2.45) is 5.92 Å². The van der Waals surface area contributed by atoms with Crippen LogP contribution in [0.25, 0.3) is 0 Å². The summed E-state index contributed by atoms with van der Waals surface area (Å²) in [5, 5.41) is 0. The second-order valence-corrected chi connectivity index (χ2v) is 3.44. The Morgan fingerprint density at radius 3 is 2.62 bits per heavy atom. The average molecular weight is 180 g/mol. The number of hydrogen-bond donors (Lipinski definition) is 0. The Morgan fingerprint density at radius 2 is 2.15 bits per heavy atom. The van der Waals surface area contributed by atoms with Crippen LogP contribution in [0.4, 0.5) is 0 Å². The van der Waals surface area contributed by atoms with E-state index in [0.29, 0.717) is 0 Å². The zero-order chi connectivity index (χ0) is 10.1. The summed E-state index contributed by atoms with van der Waals surface area (Å²) in [5.74, 6) is 0.280. The van der Waals surface area contributed by atoms with Crippen LogP contribution in [0.5, 0.6) is 0 Å². The molecule has 0 bridgehead atoms. The van der Waals surface area contributed by atoms with Crippen LogP contribution in [0.15, 0.2) is 18.4 Å². The quantitative estimate of drug-likeness (QED) is 0.433. The fourth-order valence-electron chi connectivity index (χ4n) is 1.34. The number of ketones is 1. The van der Waals surface area contributed by atoms with Crippen molar-refractivity contribution in [2.45, 2.75) is 46.0 Å².